The summed E-state index contributed by atoms with van der Waals surface area (Å²) in [5, 5.41) is 8.87. The zero-order valence-corrected chi connectivity index (χ0v) is 11.6. The van der Waals surface area contributed by atoms with Gasteiger partial charge in [0.1, 0.15) is 0 Å². The first-order chi connectivity index (χ1) is 9.70. The first-order valence-corrected chi connectivity index (χ1v) is 6.73. The number of alkyl halides is 3. The van der Waals surface area contributed by atoms with Crippen molar-refractivity contribution < 1.29 is 27.9 Å². The molecule has 0 aromatic carbocycles. The van der Waals surface area contributed by atoms with E-state index in [0.717, 1.165) is 6.08 Å². The molecule has 1 N–H and O–H groups in total. The van der Waals surface area contributed by atoms with Gasteiger partial charge in [-0.3, -0.25) is 4.79 Å². The second-order valence-corrected chi connectivity index (χ2v) is 5.50. The van der Waals surface area contributed by atoms with E-state index >= 15 is 0 Å². The molecule has 1 atom stereocenters. The quantitative estimate of drug-likeness (QED) is 0.793. The molecule has 2 rings (SSSR count). The van der Waals surface area contributed by atoms with Crippen LogP contribution in [0.3, 0.4) is 0 Å². The summed E-state index contributed by atoms with van der Waals surface area (Å²) < 4.78 is 37.5. The Kier molecular flexibility index (Phi) is 4.15. The molecule has 118 valence electrons. The average molecular weight is 306 g/mol. The van der Waals surface area contributed by atoms with E-state index in [1.807, 2.05) is 0 Å². The first kappa shape index (κ1) is 15.7. The van der Waals surface area contributed by atoms with Crippen LogP contribution in [0.1, 0.15) is 13.3 Å². The number of amides is 2. The summed E-state index contributed by atoms with van der Waals surface area (Å²) in [5.41, 5.74) is -0.590. The van der Waals surface area contributed by atoms with Crippen LogP contribution in [-0.2, 0) is 4.79 Å². The van der Waals surface area contributed by atoms with Crippen LogP contribution < -0.4 is 0 Å². The molecule has 0 aliphatic carbocycles. The van der Waals surface area contributed by atoms with E-state index in [4.69, 9.17) is 5.11 Å². The van der Waals surface area contributed by atoms with Crippen molar-refractivity contribution in [2.24, 2.45) is 11.8 Å². The van der Waals surface area contributed by atoms with Gasteiger partial charge in [-0.25, -0.2) is 4.79 Å². The molecule has 2 aliphatic rings. The summed E-state index contributed by atoms with van der Waals surface area (Å²) in [6.07, 6.45) is -3.48. The Balaban J connectivity index is 1.85. The van der Waals surface area contributed by atoms with Crippen molar-refractivity contribution in [1.82, 2.24) is 9.80 Å². The number of likely N-dealkylation sites (tertiary alicyclic amines) is 1. The van der Waals surface area contributed by atoms with Crippen LogP contribution in [-0.4, -0.2) is 59.3 Å². The third-order valence-electron chi connectivity index (χ3n) is 4.12. The SMILES string of the molecule is CC(C(=O)O)C1CN(C(=O)N2CC=C(C(F)(F)F)CC2)C1. The van der Waals surface area contributed by atoms with Crippen molar-refractivity contribution in [3.05, 3.63) is 11.6 Å². The Morgan fingerprint density at radius 2 is 1.95 bits per heavy atom. The monoisotopic (exact) mass is 306 g/mol. The summed E-state index contributed by atoms with van der Waals surface area (Å²) in [6, 6.07) is -0.318. The van der Waals surface area contributed by atoms with Gasteiger partial charge in [0, 0.05) is 37.7 Å². The van der Waals surface area contributed by atoms with Crippen molar-refractivity contribution in [3.63, 3.8) is 0 Å². The standard InChI is InChI=1S/C13H17F3N2O3/c1-8(11(19)20)9-6-18(7-9)12(21)17-4-2-10(3-5-17)13(14,15)16/h2,8-9H,3-7H2,1H3,(H,19,20). The third-order valence-corrected chi connectivity index (χ3v) is 4.12. The number of halogens is 3. The van der Waals surface area contributed by atoms with Crippen LogP contribution in [0, 0.1) is 11.8 Å². The van der Waals surface area contributed by atoms with Crippen LogP contribution in [0.5, 0.6) is 0 Å². The lowest BCUT2D eigenvalue weighted by Crippen LogP contribution is -2.57. The molecule has 21 heavy (non-hydrogen) atoms. The molecule has 1 saturated heterocycles. The van der Waals surface area contributed by atoms with Gasteiger partial charge in [-0.15, -0.1) is 0 Å². The molecule has 8 heteroatoms. The lowest BCUT2D eigenvalue weighted by atomic mass is 9.87. The van der Waals surface area contributed by atoms with Crippen LogP contribution in [0.25, 0.3) is 0 Å². The third kappa shape index (κ3) is 3.30. The number of carbonyl (C=O) groups is 2. The lowest BCUT2D eigenvalue weighted by Gasteiger charge is -2.44. The molecule has 0 aromatic heterocycles. The molecule has 2 amide bonds. The second kappa shape index (κ2) is 5.57. The van der Waals surface area contributed by atoms with Crippen LogP contribution in [0.2, 0.25) is 0 Å². The Morgan fingerprint density at radius 1 is 1.33 bits per heavy atom. The fourth-order valence-electron chi connectivity index (χ4n) is 2.49. The van der Waals surface area contributed by atoms with Gasteiger partial charge in [-0.1, -0.05) is 13.0 Å². The first-order valence-electron chi connectivity index (χ1n) is 6.73. The number of rotatable bonds is 2. The summed E-state index contributed by atoms with van der Waals surface area (Å²) in [4.78, 5) is 25.7. The minimum absolute atomic E-state index is 0.0415. The summed E-state index contributed by atoms with van der Waals surface area (Å²) in [6.45, 7) is 2.27. The zero-order valence-electron chi connectivity index (χ0n) is 11.6. The van der Waals surface area contributed by atoms with Gasteiger partial charge < -0.3 is 14.9 Å². The zero-order chi connectivity index (χ0) is 15.8. The van der Waals surface area contributed by atoms with Gasteiger partial charge in [0.05, 0.1) is 5.92 Å². The molecule has 2 aliphatic heterocycles. The molecule has 0 bridgehead atoms. The number of carboxylic acid groups (broad SMARTS) is 1. The Bertz CT molecular complexity index is 470. The molecule has 1 fully saturated rings. The van der Waals surface area contributed by atoms with Crippen LogP contribution >= 0.6 is 0 Å². The topological polar surface area (TPSA) is 60.9 Å². The molecule has 0 aromatic rings. The van der Waals surface area contributed by atoms with Gasteiger partial charge >= 0.3 is 18.2 Å². The van der Waals surface area contributed by atoms with Crippen molar-refractivity contribution in [2.75, 3.05) is 26.2 Å². The number of hydrogen-bond donors (Lipinski definition) is 1. The van der Waals surface area contributed by atoms with Gasteiger partial charge in [-0.05, 0) is 6.42 Å². The average Bonchev–Trinajstić information content (AvgIpc) is 2.35. The Hall–Kier alpha value is -1.73. The minimum Gasteiger partial charge on any atom is -0.481 e. The predicted octanol–water partition coefficient (Wildman–Crippen LogP) is 1.95. The highest BCUT2D eigenvalue weighted by molar-refractivity contribution is 5.76. The number of nitrogens with zero attached hydrogens (tertiary/aromatic N) is 2. The number of aliphatic carboxylic acids is 1. The maximum absolute atomic E-state index is 12.5. The molecule has 5 nitrogen and oxygen atoms in total. The molecule has 0 radical (unpaired) electrons. The van der Waals surface area contributed by atoms with Crippen molar-refractivity contribution in [2.45, 2.75) is 19.5 Å². The van der Waals surface area contributed by atoms with Gasteiger partial charge in [0.25, 0.3) is 0 Å². The smallest absolute Gasteiger partial charge is 0.412 e. The van der Waals surface area contributed by atoms with Gasteiger partial charge in [0.15, 0.2) is 0 Å². The fourth-order valence-corrected chi connectivity index (χ4v) is 2.49. The van der Waals surface area contributed by atoms with Crippen molar-refractivity contribution in [3.8, 4) is 0 Å². The number of carboxylic acids is 1. The molecule has 0 saturated carbocycles. The number of urea groups is 1. The number of carbonyl (C=O) groups excluding carboxylic acids is 1. The van der Waals surface area contributed by atoms with Crippen LogP contribution in [0.15, 0.2) is 11.6 Å². The Labute approximate surface area is 120 Å². The summed E-state index contributed by atoms with van der Waals surface area (Å²) in [5.74, 6) is -1.51. The predicted molar refractivity (Wildman–Crippen MR) is 67.6 cm³/mol. The second-order valence-electron chi connectivity index (χ2n) is 5.50. The fraction of sp³-hybridized carbons (Fsp3) is 0.692. The highest BCUT2D eigenvalue weighted by Gasteiger charge is 2.40. The highest BCUT2D eigenvalue weighted by Crippen LogP contribution is 2.31. The number of hydrogen-bond acceptors (Lipinski definition) is 2. The van der Waals surface area contributed by atoms with E-state index in [9.17, 15) is 22.8 Å². The lowest BCUT2D eigenvalue weighted by molar-refractivity contribution is -0.144. The highest BCUT2D eigenvalue weighted by atomic mass is 19.4. The Morgan fingerprint density at radius 3 is 2.38 bits per heavy atom. The van der Waals surface area contributed by atoms with E-state index in [0.29, 0.717) is 13.1 Å². The maximum Gasteiger partial charge on any atom is 0.412 e. The largest absolute Gasteiger partial charge is 0.481 e. The van der Waals surface area contributed by atoms with E-state index in [1.54, 1.807) is 6.92 Å². The van der Waals surface area contributed by atoms with Gasteiger partial charge in [-0.2, -0.15) is 13.2 Å². The van der Waals surface area contributed by atoms with E-state index in [2.05, 4.69) is 0 Å². The molecule has 1 unspecified atom stereocenters. The van der Waals surface area contributed by atoms with Crippen LogP contribution in [0.4, 0.5) is 18.0 Å². The van der Waals surface area contributed by atoms with Crippen molar-refractivity contribution >= 4 is 12.0 Å². The van der Waals surface area contributed by atoms with Crippen molar-refractivity contribution in [1.29, 1.82) is 0 Å². The molecular weight excluding hydrogens is 289 g/mol. The van der Waals surface area contributed by atoms with Gasteiger partial charge in [0.2, 0.25) is 0 Å². The molecule has 0 spiro atoms. The molecule has 2 heterocycles. The minimum atomic E-state index is -4.33. The normalized spacial score (nSPS) is 21.6. The van der Waals surface area contributed by atoms with E-state index in [-0.39, 0.29) is 31.5 Å². The summed E-state index contributed by atoms with van der Waals surface area (Å²) in [7, 11) is 0. The maximum atomic E-state index is 12.5. The van der Waals surface area contributed by atoms with E-state index < -0.39 is 23.6 Å². The summed E-state index contributed by atoms with van der Waals surface area (Å²) >= 11 is 0. The molecular formula is C13H17F3N2O3. The van der Waals surface area contributed by atoms with E-state index in [1.165, 1.54) is 9.80 Å².